The molecule has 0 saturated heterocycles. The lowest BCUT2D eigenvalue weighted by atomic mass is 10.0. The second-order valence-electron chi connectivity index (χ2n) is 18.4. The molecule has 0 N–H and O–H groups in total. The van der Waals surface area contributed by atoms with Gasteiger partial charge in [0, 0.05) is 49.4 Å². The van der Waals surface area contributed by atoms with Gasteiger partial charge in [-0.1, -0.05) is 200 Å². The minimum absolute atomic E-state index is 1.15. The molecule has 3 heterocycles. The largest absolute Gasteiger partial charge is 0.309 e. The molecule has 70 heavy (non-hydrogen) atoms. The van der Waals surface area contributed by atoms with Crippen LogP contribution in [0.2, 0.25) is 0 Å². The first-order valence-corrected chi connectivity index (χ1v) is 26.2. The van der Waals surface area contributed by atoms with Crippen molar-refractivity contribution in [2.45, 2.75) is 0 Å². The van der Waals surface area contributed by atoms with Gasteiger partial charge in [0.05, 0.1) is 33.1 Å². The molecule has 4 heteroatoms. The lowest BCUT2D eigenvalue weighted by Crippen LogP contribution is -2.74. The fourth-order valence-corrected chi connectivity index (χ4v) is 16.6. The van der Waals surface area contributed by atoms with E-state index in [0.29, 0.717) is 0 Å². The van der Waals surface area contributed by atoms with Gasteiger partial charge in [-0.15, -0.1) is 0 Å². The summed E-state index contributed by atoms with van der Waals surface area (Å²) in [5, 5.41) is 12.8. The van der Waals surface area contributed by atoms with Gasteiger partial charge in [0.2, 0.25) is 0 Å². The molecule has 0 fully saturated rings. The Kier molecular flexibility index (Phi) is 9.23. The van der Waals surface area contributed by atoms with Crippen molar-refractivity contribution in [3.63, 3.8) is 0 Å². The van der Waals surface area contributed by atoms with Crippen LogP contribution in [0.5, 0.6) is 0 Å². The molecule has 328 valence electrons. The number of fused-ring (bicyclic) bond motifs is 10. The van der Waals surface area contributed by atoms with E-state index < -0.39 is 8.07 Å². The van der Waals surface area contributed by atoms with Crippen LogP contribution in [-0.2, 0) is 0 Å². The average molecular weight is 908 g/mol. The molecule has 0 unspecified atom stereocenters. The molecular formula is C66H45N3Si. The van der Waals surface area contributed by atoms with Crippen LogP contribution < -0.4 is 20.7 Å². The number of para-hydroxylation sites is 5. The van der Waals surface area contributed by atoms with Crippen LogP contribution in [0.3, 0.4) is 0 Å². The molecule has 3 aromatic heterocycles. The summed E-state index contributed by atoms with van der Waals surface area (Å²) < 4.78 is 7.37. The minimum atomic E-state index is -3.04. The number of benzene rings is 11. The van der Waals surface area contributed by atoms with Crippen molar-refractivity contribution < 1.29 is 0 Å². The van der Waals surface area contributed by atoms with Crippen LogP contribution in [0.1, 0.15) is 0 Å². The molecule has 0 aliphatic rings. The Morgan fingerprint density at radius 3 is 1.30 bits per heavy atom. The Morgan fingerprint density at radius 2 is 0.657 bits per heavy atom. The zero-order valence-electron chi connectivity index (χ0n) is 38.3. The Hall–Kier alpha value is -8.96. The fourth-order valence-electron chi connectivity index (χ4n) is 11.8. The van der Waals surface area contributed by atoms with Gasteiger partial charge < -0.3 is 13.7 Å². The van der Waals surface area contributed by atoms with Crippen molar-refractivity contribution in [3.05, 3.63) is 273 Å². The molecule has 0 aliphatic heterocycles. The highest BCUT2D eigenvalue weighted by molar-refractivity contribution is 7.20. The van der Waals surface area contributed by atoms with Crippen molar-refractivity contribution in [3.8, 4) is 28.2 Å². The van der Waals surface area contributed by atoms with E-state index in [2.05, 4.69) is 287 Å². The van der Waals surface area contributed by atoms with Crippen molar-refractivity contribution in [1.29, 1.82) is 0 Å². The highest BCUT2D eigenvalue weighted by atomic mass is 28.3. The van der Waals surface area contributed by atoms with Gasteiger partial charge in [0.1, 0.15) is 0 Å². The number of hydrogen-bond acceptors (Lipinski definition) is 0. The van der Waals surface area contributed by atoms with Gasteiger partial charge in [-0.2, -0.15) is 0 Å². The van der Waals surface area contributed by atoms with Gasteiger partial charge >= 0.3 is 0 Å². The maximum absolute atomic E-state index is 3.04. The summed E-state index contributed by atoms with van der Waals surface area (Å²) in [5.74, 6) is 0. The highest BCUT2D eigenvalue weighted by Crippen LogP contribution is 2.42. The number of hydrogen-bond donors (Lipinski definition) is 0. The van der Waals surface area contributed by atoms with E-state index in [0.717, 1.165) is 17.1 Å². The molecule has 0 radical (unpaired) electrons. The normalized spacial score (nSPS) is 12.0. The quantitative estimate of drug-likeness (QED) is 0.107. The summed E-state index contributed by atoms with van der Waals surface area (Å²) in [6, 6.07) is 101. The van der Waals surface area contributed by atoms with Gasteiger partial charge in [-0.25, -0.2) is 0 Å². The first kappa shape index (κ1) is 40.1. The van der Waals surface area contributed by atoms with Crippen molar-refractivity contribution in [2.75, 3.05) is 0 Å². The molecule has 14 rings (SSSR count). The minimum Gasteiger partial charge on any atom is -0.309 e. The summed E-state index contributed by atoms with van der Waals surface area (Å²) in [7, 11) is -3.04. The van der Waals surface area contributed by atoms with Gasteiger partial charge in [0.15, 0.2) is 8.07 Å². The van der Waals surface area contributed by atoms with E-state index in [9.17, 15) is 0 Å². The SMILES string of the molecule is c1ccc(-n2c3ccccc3c3cc(-c4cccc([Si](c5ccccc5)(c5ccccc5)c5cccc(-n6c7ccccc7c7ccc8c(c9ccccc9n8-c8ccccc8)c76)c5)c4)ccc32)cc1. The lowest BCUT2D eigenvalue weighted by molar-refractivity contribution is 1.17. The van der Waals surface area contributed by atoms with Crippen molar-refractivity contribution in [2.24, 2.45) is 0 Å². The molecule has 0 aliphatic carbocycles. The summed E-state index contributed by atoms with van der Waals surface area (Å²) in [4.78, 5) is 0. The molecule has 0 saturated carbocycles. The third-order valence-electron chi connectivity index (χ3n) is 14.8. The maximum Gasteiger partial charge on any atom is 0.179 e. The standard InChI is InChI=1S/C66H45N3Si/c1-5-22-48(23-6-1)67-60-36-16-14-34-56(60)59-44-47(39-41-63(59)67)46-21-19-31-53(43-46)70(51-27-9-3-10-28-51,52-29-11-4-12-30-52)54-32-20-26-50(45-54)69-61-37-17-13-33-55(61)57-40-42-64-65(66(57)69)58-35-15-18-38-62(58)68(64)49-24-7-2-8-25-49/h1-45H. The van der Waals surface area contributed by atoms with Crippen LogP contribution >= 0.6 is 0 Å². The van der Waals surface area contributed by atoms with Gasteiger partial charge in [-0.05, 0) is 105 Å². The van der Waals surface area contributed by atoms with Crippen molar-refractivity contribution >= 4 is 94.2 Å². The topological polar surface area (TPSA) is 14.8 Å². The fraction of sp³-hybridized carbons (Fsp3) is 0. The Bertz CT molecular complexity index is 4240. The Morgan fingerprint density at radius 1 is 0.229 bits per heavy atom. The van der Waals surface area contributed by atoms with Crippen LogP contribution in [0.25, 0.3) is 93.6 Å². The lowest BCUT2D eigenvalue weighted by Gasteiger charge is -2.35. The molecule has 0 amide bonds. The third kappa shape index (κ3) is 6.00. The molecule has 3 nitrogen and oxygen atoms in total. The van der Waals surface area contributed by atoms with E-state index in [4.69, 9.17) is 0 Å². The zero-order valence-corrected chi connectivity index (χ0v) is 39.3. The predicted molar refractivity (Wildman–Crippen MR) is 299 cm³/mol. The van der Waals surface area contributed by atoms with E-state index in [1.807, 2.05) is 0 Å². The Labute approximate surface area is 407 Å². The van der Waals surface area contributed by atoms with E-state index in [1.165, 1.54) is 97.3 Å². The summed E-state index contributed by atoms with van der Waals surface area (Å²) in [6.07, 6.45) is 0. The molecule has 11 aromatic carbocycles. The number of aromatic nitrogens is 3. The average Bonchev–Trinajstić information content (AvgIpc) is 4.08. The molecule has 0 spiro atoms. The monoisotopic (exact) mass is 907 g/mol. The van der Waals surface area contributed by atoms with E-state index in [1.54, 1.807) is 0 Å². The van der Waals surface area contributed by atoms with Crippen LogP contribution in [0.4, 0.5) is 0 Å². The smallest absolute Gasteiger partial charge is 0.179 e. The van der Waals surface area contributed by atoms with Crippen molar-refractivity contribution in [1.82, 2.24) is 13.7 Å². The first-order chi connectivity index (χ1) is 34.8. The summed E-state index contributed by atoms with van der Waals surface area (Å²) in [5.41, 5.74) is 13.1. The number of nitrogens with zero attached hydrogens (tertiary/aromatic N) is 3. The molecular weight excluding hydrogens is 863 g/mol. The molecule has 0 atom stereocenters. The predicted octanol–water partition coefficient (Wildman–Crippen LogP) is 14.0. The third-order valence-corrected chi connectivity index (χ3v) is 19.5. The highest BCUT2D eigenvalue weighted by Gasteiger charge is 2.42. The van der Waals surface area contributed by atoms with Crippen LogP contribution in [-0.4, -0.2) is 21.8 Å². The molecule has 0 bridgehead atoms. The summed E-state index contributed by atoms with van der Waals surface area (Å²) >= 11 is 0. The van der Waals surface area contributed by atoms with E-state index in [-0.39, 0.29) is 0 Å². The first-order valence-electron chi connectivity index (χ1n) is 24.2. The van der Waals surface area contributed by atoms with Crippen LogP contribution in [0.15, 0.2) is 273 Å². The zero-order chi connectivity index (χ0) is 46.2. The second kappa shape index (κ2) is 16.1. The number of rotatable bonds is 8. The summed E-state index contributed by atoms with van der Waals surface area (Å²) in [6.45, 7) is 0. The molecule has 14 aromatic rings. The maximum atomic E-state index is 2.55. The second-order valence-corrected chi connectivity index (χ2v) is 22.2. The van der Waals surface area contributed by atoms with E-state index >= 15 is 0 Å². The van der Waals surface area contributed by atoms with Crippen LogP contribution in [0, 0.1) is 0 Å². The van der Waals surface area contributed by atoms with Gasteiger partial charge in [0.25, 0.3) is 0 Å². The Balaban J connectivity index is 1.02. The van der Waals surface area contributed by atoms with Gasteiger partial charge in [-0.3, -0.25) is 0 Å².